The summed E-state index contributed by atoms with van der Waals surface area (Å²) in [6.07, 6.45) is 0.251. The topological polar surface area (TPSA) is 47.6 Å². The smallest absolute Gasteiger partial charge is 0.265 e. The highest BCUT2D eigenvalue weighted by Gasteiger charge is 2.17. The number of ether oxygens (including phenoxy) is 2. The van der Waals surface area contributed by atoms with Crippen LogP contribution in [0.2, 0.25) is 5.02 Å². The first-order valence-corrected chi connectivity index (χ1v) is 8.34. The highest BCUT2D eigenvalue weighted by molar-refractivity contribution is 6.30. The summed E-state index contributed by atoms with van der Waals surface area (Å²) in [5.41, 5.74) is 1.52. The predicted molar refractivity (Wildman–Crippen MR) is 97.1 cm³/mol. The van der Waals surface area contributed by atoms with Crippen molar-refractivity contribution in [2.24, 2.45) is 0 Å². The number of halogens is 1. The number of benzene rings is 2. The molecule has 0 radical (unpaired) electrons. The molecule has 0 heterocycles. The van der Waals surface area contributed by atoms with Gasteiger partial charge in [0.2, 0.25) is 0 Å². The van der Waals surface area contributed by atoms with Crippen LogP contribution in [0.15, 0.2) is 42.5 Å². The third-order valence-electron chi connectivity index (χ3n) is 3.42. The minimum absolute atomic E-state index is 0.239. The van der Waals surface area contributed by atoms with Gasteiger partial charge < -0.3 is 14.8 Å². The Hall–Kier alpha value is -2.20. The Labute approximate surface area is 147 Å². The minimum Gasteiger partial charge on any atom is -0.491 e. The first kappa shape index (κ1) is 18.1. The molecule has 4 nitrogen and oxygen atoms in total. The molecule has 0 aliphatic heterocycles. The summed E-state index contributed by atoms with van der Waals surface area (Å²) in [6, 6.07) is 12.7. The number of aryl methyl sites for hydroxylation is 1. The van der Waals surface area contributed by atoms with Crippen LogP contribution in [-0.2, 0) is 4.79 Å². The van der Waals surface area contributed by atoms with Crippen LogP contribution in [0.1, 0.15) is 25.8 Å². The summed E-state index contributed by atoms with van der Waals surface area (Å²) in [5, 5.41) is 3.49. The average Bonchev–Trinajstić information content (AvgIpc) is 2.56. The number of nitrogens with one attached hydrogen (secondary N) is 1. The van der Waals surface area contributed by atoms with Crippen LogP contribution >= 0.6 is 11.6 Å². The molecule has 5 heteroatoms. The number of rotatable bonds is 7. The zero-order chi connectivity index (χ0) is 17.5. The van der Waals surface area contributed by atoms with Crippen molar-refractivity contribution in [2.45, 2.75) is 33.3 Å². The second-order valence-electron chi connectivity index (χ2n) is 5.50. The van der Waals surface area contributed by atoms with Gasteiger partial charge in [-0.05, 0) is 56.2 Å². The number of amides is 1. The average molecular weight is 348 g/mol. The Morgan fingerprint density at radius 1 is 1.21 bits per heavy atom. The molecule has 1 N–H and O–H groups in total. The highest BCUT2D eigenvalue weighted by Crippen LogP contribution is 2.25. The van der Waals surface area contributed by atoms with Gasteiger partial charge in [0, 0.05) is 5.02 Å². The SMILES string of the molecule is CCCOc1ccccc1NC(=O)C(C)Oc1ccc(Cl)cc1C. The second kappa shape index (κ2) is 8.60. The maximum absolute atomic E-state index is 12.4. The number of hydrogen-bond donors (Lipinski definition) is 1. The molecule has 1 unspecified atom stereocenters. The largest absolute Gasteiger partial charge is 0.491 e. The van der Waals surface area contributed by atoms with Crippen LogP contribution in [-0.4, -0.2) is 18.6 Å². The first-order valence-electron chi connectivity index (χ1n) is 7.96. The van der Waals surface area contributed by atoms with Gasteiger partial charge in [-0.2, -0.15) is 0 Å². The van der Waals surface area contributed by atoms with Crippen LogP contribution in [0.4, 0.5) is 5.69 Å². The van der Waals surface area contributed by atoms with Gasteiger partial charge in [0.1, 0.15) is 11.5 Å². The van der Waals surface area contributed by atoms with E-state index in [1.807, 2.05) is 38.1 Å². The monoisotopic (exact) mass is 347 g/mol. The number of para-hydroxylation sites is 2. The van der Waals surface area contributed by atoms with Crippen LogP contribution in [0.25, 0.3) is 0 Å². The Balaban J connectivity index is 2.04. The van der Waals surface area contributed by atoms with E-state index in [0.29, 0.717) is 28.8 Å². The van der Waals surface area contributed by atoms with Gasteiger partial charge in [-0.3, -0.25) is 4.79 Å². The Bertz CT molecular complexity index is 703. The van der Waals surface area contributed by atoms with E-state index in [2.05, 4.69) is 5.32 Å². The van der Waals surface area contributed by atoms with Gasteiger partial charge in [-0.1, -0.05) is 30.7 Å². The Morgan fingerprint density at radius 2 is 1.96 bits per heavy atom. The molecule has 2 aromatic carbocycles. The third kappa shape index (κ3) is 4.90. The lowest BCUT2D eigenvalue weighted by Gasteiger charge is -2.17. The van der Waals surface area contributed by atoms with Crippen molar-refractivity contribution < 1.29 is 14.3 Å². The van der Waals surface area contributed by atoms with E-state index < -0.39 is 6.10 Å². The molecule has 0 aliphatic carbocycles. The molecule has 2 aromatic rings. The fourth-order valence-corrected chi connectivity index (χ4v) is 2.36. The van der Waals surface area contributed by atoms with E-state index in [-0.39, 0.29) is 5.91 Å². The van der Waals surface area contributed by atoms with E-state index in [1.54, 1.807) is 25.1 Å². The summed E-state index contributed by atoms with van der Waals surface area (Å²) in [5.74, 6) is 1.05. The van der Waals surface area contributed by atoms with Crippen molar-refractivity contribution >= 4 is 23.2 Å². The summed E-state index contributed by atoms with van der Waals surface area (Å²) >= 11 is 5.93. The molecule has 2 rings (SSSR count). The molecule has 0 bridgehead atoms. The van der Waals surface area contributed by atoms with Crippen molar-refractivity contribution in [1.82, 2.24) is 0 Å². The lowest BCUT2D eigenvalue weighted by atomic mass is 10.2. The molecular formula is C19H22ClNO3. The van der Waals surface area contributed by atoms with Gasteiger partial charge in [-0.15, -0.1) is 0 Å². The molecule has 24 heavy (non-hydrogen) atoms. The predicted octanol–water partition coefficient (Wildman–Crippen LogP) is 4.84. The Morgan fingerprint density at radius 3 is 2.67 bits per heavy atom. The summed E-state index contributed by atoms with van der Waals surface area (Å²) in [6.45, 7) is 6.23. The Kier molecular flexibility index (Phi) is 6.50. The van der Waals surface area contributed by atoms with E-state index in [0.717, 1.165) is 12.0 Å². The van der Waals surface area contributed by atoms with Crippen molar-refractivity contribution in [3.05, 3.63) is 53.1 Å². The lowest BCUT2D eigenvalue weighted by Crippen LogP contribution is -2.30. The fourth-order valence-electron chi connectivity index (χ4n) is 2.13. The number of hydrogen-bond acceptors (Lipinski definition) is 3. The molecule has 0 saturated carbocycles. The van der Waals surface area contributed by atoms with Crippen LogP contribution in [0.3, 0.4) is 0 Å². The van der Waals surface area contributed by atoms with Gasteiger partial charge in [-0.25, -0.2) is 0 Å². The van der Waals surface area contributed by atoms with Crippen LogP contribution < -0.4 is 14.8 Å². The fraction of sp³-hybridized carbons (Fsp3) is 0.316. The standard InChI is InChI=1S/C19H22ClNO3/c1-4-11-23-18-8-6-5-7-16(18)21-19(22)14(3)24-17-10-9-15(20)12-13(17)2/h5-10,12,14H,4,11H2,1-3H3,(H,21,22). The molecule has 0 aromatic heterocycles. The molecule has 0 aliphatic rings. The van der Waals surface area contributed by atoms with Crippen molar-refractivity contribution in [3.8, 4) is 11.5 Å². The zero-order valence-electron chi connectivity index (χ0n) is 14.1. The van der Waals surface area contributed by atoms with Gasteiger partial charge in [0.15, 0.2) is 6.10 Å². The zero-order valence-corrected chi connectivity index (χ0v) is 14.9. The van der Waals surface area contributed by atoms with Gasteiger partial charge in [0.25, 0.3) is 5.91 Å². The van der Waals surface area contributed by atoms with Crippen molar-refractivity contribution in [1.29, 1.82) is 0 Å². The molecule has 0 fully saturated rings. The minimum atomic E-state index is -0.649. The normalized spacial score (nSPS) is 11.7. The van der Waals surface area contributed by atoms with Gasteiger partial charge >= 0.3 is 0 Å². The number of anilines is 1. The summed E-state index contributed by atoms with van der Waals surface area (Å²) < 4.78 is 11.4. The molecular weight excluding hydrogens is 326 g/mol. The molecule has 0 spiro atoms. The van der Waals surface area contributed by atoms with Crippen molar-refractivity contribution in [2.75, 3.05) is 11.9 Å². The summed E-state index contributed by atoms with van der Waals surface area (Å²) in [4.78, 5) is 12.4. The third-order valence-corrected chi connectivity index (χ3v) is 3.65. The number of carbonyl (C=O) groups is 1. The van der Waals surface area contributed by atoms with Crippen LogP contribution in [0.5, 0.6) is 11.5 Å². The number of carbonyl (C=O) groups excluding carboxylic acids is 1. The van der Waals surface area contributed by atoms with E-state index in [1.165, 1.54) is 0 Å². The summed E-state index contributed by atoms with van der Waals surface area (Å²) in [7, 11) is 0. The maximum Gasteiger partial charge on any atom is 0.265 e. The lowest BCUT2D eigenvalue weighted by molar-refractivity contribution is -0.122. The van der Waals surface area contributed by atoms with E-state index >= 15 is 0 Å². The van der Waals surface area contributed by atoms with E-state index in [9.17, 15) is 4.79 Å². The maximum atomic E-state index is 12.4. The molecule has 0 saturated heterocycles. The van der Waals surface area contributed by atoms with Crippen molar-refractivity contribution in [3.63, 3.8) is 0 Å². The second-order valence-corrected chi connectivity index (χ2v) is 5.94. The van der Waals surface area contributed by atoms with E-state index in [4.69, 9.17) is 21.1 Å². The van der Waals surface area contributed by atoms with Crippen LogP contribution in [0, 0.1) is 6.92 Å². The molecule has 1 amide bonds. The quantitative estimate of drug-likeness (QED) is 0.779. The molecule has 128 valence electrons. The first-order chi connectivity index (χ1) is 11.5. The highest BCUT2D eigenvalue weighted by atomic mass is 35.5. The van der Waals surface area contributed by atoms with Gasteiger partial charge in [0.05, 0.1) is 12.3 Å². The molecule has 1 atom stereocenters.